The number of carbonyl (C=O) groups excluding carboxylic acids is 1. The molecule has 0 spiro atoms. The second-order valence-corrected chi connectivity index (χ2v) is 7.81. The van der Waals surface area contributed by atoms with E-state index in [2.05, 4.69) is 23.8 Å². The fourth-order valence-corrected chi connectivity index (χ4v) is 3.78. The monoisotopic (exact) mass is 355 g/mol. The molecule has 1 aliphatic heterocycles. The number of benzene rings is 1. The largest absolute Gasteiger partial charge is 0.445 e. The summed E-state index contributed by atoms with van der Waals surface area (Å²) in [4.78, 5) is 23.6. The lowest BCUT2D eigenvalue weighted by Crippen LogP contribution is -2.35. The molecule has 2 aromatic heterocycles. The van der Waals surface area contributed by atoms with Gasteiger partial charge in [0.2, 0.25) is 0 Å². The molecule has 4 rings (SSSR count). The van der Waals surface area contributed by atoms with Gasteiger partial charge >= 0.3 is 0 Å². The molecule has 130 valence electrons. The molecule has 0 N–H and O–H groups in total. The zero-order valence-electron chi connectivity index (χ0n) is 14.5. The van der Waals surface area contributed by atoms with E-state index >= 15 is 0 Å². The van der Waals surface area contributed by atoms with Crippen LogP contribution in [0.1, 0.15) is 48.0 Å². The Kier molecular flexibility index (Phi) is 4.29. The standard InChI is InChI=1S/C19H21N3O2S/c1-12(2)3-6-18-21-15-10-22(8-7-16(15)24-18)19(23)13-4-5-17-14(9-13)20-11-25-17/h4-5,9,11-12H,3,6-8,10H2,1-2H3. The molecule has 0 atom stereocenters. The van der Waals surface area contributed by atoms with Crippen LogP contribution in [-0.4, -0.2) is 27.3 Å². The van der Waals surface area contributed by atoms with Gasteiger partial charge < -0.3 is 9.32 Å². The Morgan fingerprint density at radius 1 is 1.40 bits per heavy atom. The predicted molar refractivity (Wildman–Crippen MR) is 97.7 cm³/mol. The van der Waals surface area contributed by atoms with Gasteiger partial charge in [0.05, 0.1) is 22.3 Å². The van der Waals surface area contributed by atoms with Crippen molar-refractivity contribution < 1.29 is 9.21 Å². The van der Waals surface area contributed by atoms with Gasteiger partial charge in [-0.15, -0.1) is 11.3 Å². The Morgan fingerprint density at radius 3 is 3.12 bits per heavy atom. The van der Waals surface area contributed by atoms with Gasteiger partial charge in [0.25, 0.3) is 5.91 Å². The predicted octanol–water partition coefficient (Wildman–Crippen LogP) is 4.07. The first kappa shape index (κ1) is 16.3. The van der Waals surface area contributed by atoms with Crippen molar-refractivity contribution in [1.82, 2.24) is 14.9 Å². The molecule has 0 saturated carbocycles. The van der Waals surface area contributed by atoms with Crippen LogP contribution in [0.3, 0.4) is 0 Å². The Balaban J connectivity index is 1.50. The lowest BCUT2D eigenvalue weighted by atomic mass is 10.1. The number of aromatic nitrogens is 2. The maximum absolute atomic E-state index is 12.8. The lowest BCUT2D eigenvalue weighted by Gasteiger charge is -2.25. The second-order valence-electron chi connectivity index (χ2n) is 6.92. The summed E-state index contributed by atoms with van der Waals surface area (Å²) in [5.41, 5.74) is 4.28. The number of aryl methyl sites for hydroxylation is 1. The number of hydrogen-bond acceptors (Lipinski definition) is 5. The molecular formula is C19H21N3O2S. The third-order valence-corrected chi connectivity index (χ3v) is 5.38. The summed E-state index contributed by atoms with van der Waals surface area (Å²) in [5, 5.41) is 0. The van der Waals surface area contributed by atoms with Crippen LogP contribution >= 0.6 is 11.3 Å². The van der Waals surface area contributed by atoms with Crippen molar-refractivity contribution in [2.45, 2.75) is 39.7 Å². The molecule has 3 aromatic rings. The molecule has 1 amide bonds. The van der Waals surface area contributed by atoms with Crippen molar-refractivity contribution >= 4 is 27.5 Å². The van der Waals surface area contributed by atoms with Gasteiger partial charge in [-0.05, 0) is 30.5 Å². The van der Waals surface area contributed by atoms with Crippen LogP contribution in [0.5, 0.6) is 0 Å². The molecule has 0 radical (unpaired) electrons. The molecule has 5 nitrogen and oxygen atoms in total. The Morgan fingerprint density at radius 2 is 2.28 bits per heavy atom. The zero-order valence-corrected chi connectivity index (χ0v) is 15.3. The van der Waals surface area contributed by atoms with Crippen molar-refractivity contribution in [3.8, 4) is 0 Å². The van der Waals surface area contributed by atoms with Gasteiger partial charge in [-0.25, -0.2) is 9.97 Å². The van der Waals surface area contributed by atoms with Crippen LogP contribution in [0.25, 0.3) is 10.2 Å². The summed E-state index contributed by atoms with van der Waals surface area (Å²) in [5.74, 6) is 2.41. The minimum Gasteiger partial charge on any atom is -0.445 e. The number of nitrogens with zero attached hydrogens (tertiary/aromatic N) is 3. The zero-order chi connectivity index (χ0) is 17.4. The van der Waals surface area contributed by atoms with E-state index in [9.17, 15) is 4.79 Å². The second kappa shape index (κ2) is 6.59. The van der Waals surface area contributed by atoms with E-state index in [-0.39, 0.29) is 5.91 Å². The van der Waals surface area contributed by atoms with Crippen molar-refractivity contribution in [2.24, 2.45) is 5.92 Å². The molecule has 0 unspecified atom stereocenters. The van der Waals surface area contributed by atoms with Crippen LogP contribution in [-0.2, 0) is 19.4 Å². The number of fused-ring (bicyclic) bond motifs is 2. The van der Waals surface area contributed by atoms with Gasteiger partial charge in [-0.3, -0.25) is 4.79 Å². The summed E-state index contributed by atoms with van der Waals surface area (Å²) in [7, 11) is 0. The maximum Gasteiger partial charge on any atom is 0.254 e. The number of rotatable bonds is 4. The van der Waals surface area contributed by atoms with Crippen molar-refractivity contribution in [3.05, 3.63) is 46.6 Å². The third-order valence-electron chi connectivity index (χ3n) is 4.57. The smallest absolute Gasteiger partial charge is 0.254 e. The molecule has 0 bridgehead atoms. The topological polar surface area (TPSA) is 59.2 Å². The molecule has 3 heterocycles. The van der Waals surface area contributed by atoms with Gasteiger partial charge in [-0.2, -0.15) is 0 Å². The first-order valence-electron chi connectivity index (χ1n) is 8.70. The van der Waals surface area contributed by atoms with Crippen molar-refractivity contribution in [1.29, 1.82) is 0 Å². The number of oxazole rings is 1. The molecule has 6 heteroatoms. The van der Waals surface area contributed by atoms with E-state index in [1.165, 1.54) is 0 Å². The van der Waals surface area contributed by atoms with Crippen LogP contribution in [0.4, 0.5) is 0 Å². The number of thiazole rings is 1. The third kappa shape index (κ3) is 3.31. The van der Waals surface area contributed by atoms with Gasteiger partial charge in [-0.1, -0.05) is 13.8 Å². The SMILES string of the molecule is CC(C)CCc1nc2c(o1)CCN(C(=O)c1ccc3scnc3c1)C2. The quantitative estimate of drug-likeness (QED) is 0.708. The summed E-state index contributed by atoms with van der Waals surface area (Å²) in [6.07, 6.45) is 2.66. The molecular weight excluding hydrogens is 334 g/mol. The average molecular weight is 355 g/mol. The van der Waals surface area contributed by atoms with Gasteiger partial charge in [0, 0.05) is 24.9 Å². The maximum atomic E-state index is 12.8. The van der Waals surface area contributed by atoms with Crippen LogP contribution in [0.15, 0.2) is 28.1 Å². The fourth-order valence-electron chi connectivity index (χ4n) is 3.12. The van der Waals surface area contributed by atoms with E-state index in [0.717, 1.165) is 46.8 Å². The van der Waals surface area contributed by atoms with E-state index < -0.39 is 0 Å². The Bertz CT molecular complexity index is 912. The highest BCUT2D eigenvalue weighted by Crippen LogP contribution is 2.24. The van der Waals surface area contributed by atoms with E-state index in [1.807, 2.05) is 23.1 Å². The molecule has 0 aliphatic carbocycles. The number of amides is 1. The normalized spacial score (nSPS) is 14.3. The van der Waals surface area contributed by atoms with Crippen LogP contribution in [0, 0.1) is 5.92 Å². The summed E-state index contributed by atoms with van der Waals surface area (Å²) < 4.78 is 6.98. The molecule has 0 saturated heterocycles. The minimum absolute atomic E-state index is 0.0345. The Hall–Kier alpha value is -2.21. The highest BCUT2D eigenvalue weighted by atomic mass is 32.1. The van der Waals surface area contributed by atoms with Crippen LogP contribution in [0.2, 0.25) is 0 Å². The minimum atomic E-state index is 0.0345. The van der Waals surface area contributed by atoms with Gasteiger partial charge in [0.1, 0.15) is 11.5 Å². The highest BCUT2D eigenvalue weighted by molar-refractivity contribution is 7.16. The molecule has 25 heavy (non-hydrogen) atoms. The average Bonchev–Trinajstić information content (AvgIpc) is 3.23. The summed E-state index contributed by atoms with van der Waals surface area (Å²) >= 11 is 1.58. The van der Waals surface area contributed by atoms with Crippen molar-refractivity contribution in [3.63, 3.8) is 0 Å². The molecule has 1 aliphatic rings. The molecule has 0 fully saturated rings. The van der Waals surface area contributed by atoms with E-state index in [1.54, 1.807) is 16.8 Å². The highest BCUT2D eigenvalue weighted by Gasteiger charge is 2.26. The lowest BCUT2D eigenvalue weighted by molar-refractivity contribution is 0.0728. The van der Waals surface area contributed by atoms with E-state index in [4.69, 9.17) is 4.42 Å². The fraction of sp³-hybridized carbons (Fsp3) is 0.421. The van der Waals surface area contributed by atoms with Gasteiger partial charge in [0.15, 0.2) is 5.89 Å². The first-order valence-corrected chi connectivity index (χ1v) is 9.58. The Labute approximate surface area is 150 Å². The van der Waals surface area contributed by atoms with Crippen LogP contribution < -0.4 is 0 Å². The molecule has 1 aromatic carbocycles. The van der Waals surface area contributed by atoms with E-state index in [0.29, 0.717) is 24.6 Å². The summed E-state index contributed by atoms with van der Waals surface area (Å²) in [6.45, 7) is 5.58. The van der Waals surface area contributed by atoms with Crippen molar-refractivity contribution in [2.75, 3.05) is 6.54 Å². The summed E-state index contributed by atoms with van der Waals surface area (Å²) in [6, 6.07) is 5.73. The first-order chi connectivity index (χ1) is 12.1. The number of carbonyl (C=O) groups is 1. The number of hydrogen-bond donors (Lipinski definition) is 0.